The van der Waals surface area contributed by atoms with Gasteiger partial charge in [-0.05, 0) is 19.3 Å². The Labute approximate surface area is 303 Å². The van der Waals surface area contributed by atoms with Gasteiger partial charge in [-0.3, -0.25) is 32.8 Å². The van der Waals surface area contributed by atoms with Crippen molar-refractivity contribution in [3.05, 3.63) is 0 Å². The quantitative estimate of drug-likeness (QED) is 0.0289. The third-order valence-corrected chi connectivity index (χ3v) is 10.2. The summed E-state index contributed by atoms with van der Waals surface area (Å²) in [6.45, 7) is 3.00. The number of hydrogen-bond donors (Lipinski definition) is 2. The molecule has 0 radical (unpaired) electrons. The second-order valence-electron chi connectivity index (χ2n) is 15.4. The van der Waals surface area contributed by atoms with Gasteiger partial charge in [0.25, 0.3) is 0 Å². The predicted octanol–water partition coefficient (Wildman–Crippen LogP) is 7.52. The molecule has 0 amide bonds. The van der Waals surface area contributed by atoms with Crippen molar-refractivity contribution in [1.82, 2.24) is 0 Å². The summed E-state index contributed by atoms with van der Waals surface area (Å²) >= 11 is 0. The summed E-state index contributed by atoms with van der Waals surface area (Å²) in [5.41, 5.74) is 0. The molecule has 15 heteroatoms. The van der Waals surface area contributed by atoms with Crippen LogP contribution in [0.25, 0.3) is 0 Å². The van der Waals surface area contributed by atoms with Gasteiger partial charge in [0.15, 0.2) is 0 Å². The Hall–Kier alpha value is -1.01. The lowest BCUT2D eigenvalue weighted by atomic mass is 9.99. The smallest absolute Gasteiger partial charge is 0.371 e. The van der Waals surface area contributed by atoms with Crippen molar-refractivity contribution in [2.45, 2.75) is 141 Å². The van der Waals surface area contributed by atoms with Crippen molar-refractivity contribution in [3.63, 3.8) is 0 Å². The zero-order valence-corrected chi connectivity index (χ0v) is 34.2. The molecular weight excluding hydrogens is 686 g/mol. The van der Waals surface area contributed by atoms with Crippen LogP contribution in [0.15, 0.2) is 0 Å². The maximum absolute atomic E-state index is 13.1. The number of carbonyl (C=O) groups excluding carboxylic acids is 3. The summed E-state index contributed by atoms with van der Waals surface area (Å²) in [7, 11) is 2.27. The van der Waals surface area contributed by atoms with E-state index in [1.807, 2.05) is 42.3 Å². The predicted molar refractivity (Wildman–Crippen MR) is 196 cm³/mol. The molecule has 0 aliphatic heterocycles. The zero-order chi connectivity index (χ0) is 38.1. The number of ketones is 2. The number of Topliss-reactive ketones (excluding diaryl/α,β-unsaturated/α-hetero) is 2. The second-order valence-corrected chi connectivity index (χ2v) is 18.2. The Balaban J connectivity index is 4.70. The Morgan fingerprint density at radius 3 is 1.44 bits per heavy atom. The summed E-state index contributed by atoms with van der Waals surface area (Å²) in [5, 5.41) is 0. The molecule has 0 aliphatic rings. The molecule has 0 aromatic carbocycles. The fraction of sp³-hybridized carbons (Fsp3) is 0.914. The van der Waals surface area contributed by atoms with E-state index in [1.54, 1.807) is 0 Å². The average Bonchev–Trinajstić information content (AvgIpc) is 2.98. The Morgan fingerprint density at radius 2 is 0.980 bits per heavy atom. The van der Waals surface area contributed by atoms with Gasteiger partial charge in [0.1, 0.15) is 32.4 Å². The van der Waals surface area contributed by atoms with Crippen LogP contribution < -0.4 is 0 Å². The summed E-state index contributed by atoms with van der Waals surface area (Å²) in [5.74, 6) is -2.31. The van der Waals surface area contributed by atoms with Gasteiger partial charge < -0.3 is 18.4 Å². The van der Waals surface area contributed by atoms with Crippen molar-refractivity contribution in [2.24, 2.45) is 0 Å². The number of rotatable bonds is 34. The van der Waals surface area contributed by atoms with Crippen molar-refractivity contribution in [1.29, 1.82) is 0 Å². The fourth-order valence-corrected chi connectivity index (χ4v) is 6.65. The molecule has 0 spiro atoms. The topological polar surface area (TPSA) is 163 Å². The van der Waals surface area contributed by atoms with Gasteiger partial charge in [-0.15, -0.1) is 0 Å². The van der Waals surface area contributed by atoms with E-state index < -0.39 is 39.3 Å². The van der Waals surface area contributed by atoms with Crippen LogP contribution in [0.4, 0.5) is 0 Å². The number of likely N-dealkylation sites (N-methyl/N-ethyl adjacent to an activating group) is 2. The van der Waals surface area contributed by atoms with E-state index in [4.69, 9.17) is 13.6 Å². The lowest BCUT2D eigenvalue weighted by molar-refractivity contribution is -0.870. The first-order chi connectivity index (χ1) is 23.3. The molecule has 0 saturated carbocycles. The van der Waals surface area contributed by atoms with Crippen LogP contribution in [0.3, 0.4) is 0 Å². The monoisotopic (exact) mass is 758 g/mol. The van der Waals surface area contributed by atoms with E-state index in [0.717, 1.165) is 19.3 Å². The maximum Gasteiger partial charge on any atom is 0.529 e. The van der Waals surface area contributed by atoms with Crippen LogP contribution in [0, 0.1) is 0 Å². The minimum Gasteiger partial charge on any atom is -0.371 e. The Kier molecular flexibility index (Phi) is 26.2. The highest BCUT2D eigenvalue weighted by molar-refractivity contribution is 7.48. The number of nitrogens with zero attached hydrogens (tertiary/aromatic N) is 2. The fourth-order valence-electron chi connectivity index (χ4n) is 5.04. The molecule has 3 unspecified atom stereocenters. The van der Waals surface area contributed by atoms with Gasteiger partial charge in [0.2, 0.25) is 11.6 Å². The Morgan fingerprint density at radius 1 is 0.580 bits per heavy atom. The third kappa shape index (κ3) is 30.6. The van der Waals surface area contributed by atoms with Crippen molar-refractivity contribution in [2.75, 3.05) is 68.6 Å². The second kappa shape index (κ2) is 26.7. The first-order valence-corrected chi connectivity index (χ1v) is 21.8. The standard InChI is InChI=1S/C35H70N2O11P2/c1-8-9-10-11-12-13-14-15-16-17-18-19-22-25-32(38)35(40)33(47-49(41,42)45-30-28-36(2,3)4)26-23-20-21-24-27-34(39)48-50(43,44)46-31-29-37(5,6)7/h33H,8-31H2,1-7H3/p+2. The van der Waals surface area contributed by atoms with Gasteiger partial charge in [-0.1, -0.05) is 103 Å². The minimum atomic E-state index is -4.61. The molecular formula is C35H72N2O11P2+2. The molecule has 13 nitrogen and oxygen atoms in total. The normalized spacial score (nSPS) is 15.3. The van der Waals surface area contributed by atoms with E-state index in [-0.39, 0.29) is 32.5 Å². The SMILES string of the molecule is CCCCCCCCCCCCCCCC(=O)C(=O)C(CCCCCCC(=O)OP(=O)(O)OCC[N+](C)(C)C)OP(=O)(O)OCC[N+](C)(C)C. The van der Waals surface area contributed by atoms with Gasteiger partial charge in [0, 0.05) is 12.8 Å². The van der Waals surface area contributed by atoms with E-state index in [2.05, 4.69) is 11.4 Å². The van der Waals surface area contributed by atoms with Crippen molar-refractivity contribution >= 4 is 33.2 Å². The Bertz CT molecular complexity index is 1040. The summed E-state index contributed by atoms with van der Waals surface area (Å²) in [6, 6.07) is 0. The minimum absolute atomic E-state index is 0.0306. The molecule has 0 aliphatic carbocycles. The molecule has 296 valence electrons. The van der Waals surface area contributed by atoms with Crippen LogP contribution in [-0.4, -0.2) is 111 Å². The van der Waals surface area contributed by atoms with Gasteiger partial charge in [-0.2, -0.15) is 0 Å². The zero-order valence-electron chi connectivity index (χ0n) is 32.4. The lowest BCUT2D eigenvalue weighted by Crippen LogP contribution is -2.37. The van der Waals surface area contributed by atoms with E-state index in [9.17, 15) is 33.3 Å². The molecule has 0 bridgehead atoms. The summed E-state index contributed by atoms with van der Waals surface area (Å²) in [4.78, 5) is 58.1. The number of quaternary nitrogens is 2. The molecule has 0 fully saturated rings. The van der Waals surface area contributed by atoms with Crippen LogP contribution in [0.5, 0.6) is 0 Å². The largest absolute Gasteiger partial charge is 0.529 e. The van der Waals surface area contributed by atoms with Crippen molar-refractivity contribution in [3.8, 4) is 0 Å². The maximum atomic E-state index is 13.1. The highest BCUT2D eigenvalue weighted by Gasteiger charge is 2.34. The van der Waals surface area contributed by atoms with Crippen LogP contribution in [0.1, 0.15) is 135 Å². The lowest BCUT2D eigenvalue weighted by Gasteiger charge is -2.25. The molecule has 0 rings (SSSR count). The summed E-state index contributed by atoms with van der Waals surface area (Å²) in [6.07, 6.45) is 15.4. The molecule has 0 saturated heterocycles. The van der Waals surface area contributed by atoms with Gasteiger partial charge >= 0.3 is 21.6 Å². The van der Waals surface area contributed by atoms with E-state index in [1.165, 1.54) is 57.8 Å². The van der Waals surface area contributed by atoms with Crippen LogP contribution >= 0.6 is 15.6 Å². The highest BCUT2D eigenvalue weighted by atomic mass is 31.2. The van der Waals surface area contributed by atoms with Crippen molar-refractivity contribution < 1.29 is 60.4 Å². The number of phosphoric acid groups is 2. The molecule has 0 aromatic heterocycles. The molecule has 50 heavy (non-hydrogen) atoms. The molecule has 0 aromatic rings. The third-order valence-electron chi connectivity index (χ3n) is 8.18. The number of hydrogen-bond acceptors (Lipinski definition) is 9. The van der Waals surface area contributed by atoms with Gasteiger partial charge in [-0.25, -0.2) is 9.13 Å². The number of carbonyl (C=O) groups is 3. The first kappa shape index (κ1) is 49.0. The first-order valence-electron chi connectivity index (χ1n) is 18.8. The number of unbranched alkanes of at least 4 members (excludes halogenated alkanes) is 15. The molecule has 2 N–H and O–H groups in total. The molecule has 0 heterocycles. The summed E-state index contributed by atoms with van der Waals surface area (Å²) < 4.78 is 45.6. The van der Waals surface area contributed by atoms with Crippen LogP contribution in [0.2, 0.25) is 0 Å². The molecule has 3 atom stereocenters. The van der Waals surface area contributed by atoms with Gasteiger partial charge in [0.05, 0.1) is 42.3 Å². The highest BCUT2D eigenvalue weighted by Crippen LogP contribution is 2.46. The van der Waals surface area contributed by atoms with Crippen LogP contribution in [-0.2, 0) is 41.6 Å². The van der Waals surface area contributed by atoms with E-state index in [0.29, 0.717) is 54.2 Å². The van der Waals surface area contributed by atoms with E-state index >= 15 is 0 Å². The number of phosphoric ester groups is 2. The average molecular weight is 759 g/mol.